The molecule has 0 aromatic carbocycles. The van der Waals surface area contributed by atoms with Gasteiger partial charge in [0.15, 0.2) is 0 Å². The Morgan fingerprint density at radius 2 is 2.38 bits per heavy atom. The van der Waals surface area contributed by atoms with Crippen molar-refractivity contribution in [3.05, 3.63) is 0 Å². The molecule has 0 aromatic heterocycles. The Morgan fingerprint density at radius 1 is 1.62 bits per heavy atom. The van der Waals surface area contributed by atoms with E-state index in [0.29, 0.717) is 12.6 Å². The molecule has 2 aliphatic rings. The van der Waals surface area contributed by atoms with Gasteiger partial charge in [-0.3, -0.25) is 5.32 Å². The molecule has 72 valence electrons. The lowest BCUT2D eigenvalue weighted by molar-refractivity contribution is 0.0575. The number of ether oxygens (including phenoxy) is 1. The highest BCUT2D eigenvalue weighted by Gasteiger charge is 2.47. The van der Waals surface area contributed by atoms with Crippen molar-refractivity contribution in [2.45, 2.75) is 37.8 Å². The lowest BCUT2D eigenvalue weighted by Gasteiger charge is -2.30. The molecule has 2 fully saturated rings. The van der Waals surface area contributed by atoms with Crippen molar-refractivity contribution in [1.29, 1.82) is 0 Å². The Hall–Kier alpha value is -0.520. The van der Waals surface area contributed by atoms with Gasteiger partial charge in [0.05, 0.1) is 12.6 Å². The fourth-order valence-electron chi connectivity index (χ4n) is 2.22. The third-order valence-electron chi connectivity index (χ3n) is 3.19. The molecule has 1 heterocycles. The van der Waals surface area contributed by atoms with Gasteiger partial charge in [0, 0.05) is 12.1 Å². The fraction of sp³-hybridized carbons (Fsp3) is 0.818. The third kappa shape index (κ3) is 1.72. The lowest BCUT2D eigenvalue weighted by Crippen LogP contribution is -2.50. The summed E-state index contributed by atoms with van der Waals surface area (Å²) in [6.07, 6.45) is 9.41. The average molecular weight is 179 g/mol. The lowest BCUT2D eigenvalue weighted by atomic mass is 9.90. The summed E-state index contributed by atoms with van der Waals surface area (Å²) in [6, 6.07) is 0. The van der Waals surface area contributed by atoms with E-state index in [1.54, 1.807) is 0 Å². The highest BCUT2D eigenvalue weighted by atomic mass is 16.5. The smallest absolute Gasteiger partial charge is 0.0783 e. The highest BCUT2D eigenvalue weighted by molar-refractivity contribution is 5.04. The van der Waals surface area contributed by atoms with Crippen LogP contribution < -0.4 is 5.32 Å². The molecule has 1 aliphatic heterocycles. The topological polar surface area (TPSA) is 21.3 Å². The molecule has 0 aromatic rings. The fourth-order valence-corrected chi connectivity index (χ4v) is 2.22. The minimum atomic E-state index is 0.132. The van der Waals surface area contributed by atoms with E-state index in [1.165, 1.54) is 12.8 Å². The zero-order chi connectivity index (χ0) is 9.31. The molecular weight excluding hydrogens is 162 g/mol. The third-order valence-corrected chi connectivity index (χ3v) is 3.19. The first kappa shape index (κ1) is 9.05. The maximum Gasteiger partial charge on any atom is 0.0783 e. The summed E-state index contributed by atoms with van der Waals surface area (Å²) in [5.74, 6) is 3.42. The van der Waals surface area contributed by atoms with E-state index in [-0.39, 0.29) is 5.54 Å². The summed E-state index contributed by atoms with van der Waals surface area (Å²) < 4.78 is 5.76. The predicted molar refractivity (Wildman–Crippen MR) is 52.3 cm³/mol. The molecule has 1 saturated heterocycles. The summed E-state index contributed by atoms with van der Waals surface area (Å²) in [5.41, 5.74) is 0.132. The highest BCUT2D eigenvalue weighted by Crippen LogP contribution is 2.43. The van der Waals surface area contributed by atoms with Crippen molar-refractivity contribution in [1.82, 2.24) is 5.32 Å². The second-order valence-corrected chi connectivity index (χ2v) is 4.35. The van der Waals surface area contributed by atoms with Gasteiger partial charge in [0.2, 0.25) is 0 Å². The second-order valence-electron chi connectivity index (χ2n) is 4.35. The molecule has 1 saturated carbocycles. The van der Waals surface area contributed by atoms with Gasteiger partial charge >= 0.3 is 0 Å². The molecule has 1 aliphatic carbocycles. The van der Waals surface area contributed by atoms with Crippen molar-refractivity contribution in [3.8, 4) is 12.3 Å². The average Bonchev–Trinajstić information content (AvgIpc) is 2.88. The number of hydrogen-bond donors (Lipinski definition) is 1. The van der Waals surface area contributed by atoms with E-state index < -0.39 is 0 Å². The molecule has 2 heteroatoms. The predicted octanol–water partition coefficient (Wildman–Crippen LogP) is 1.17. The van der Waals surface area contributed by atoms with Crippen LogP contribution in [0.25, 0.3) is 0 Å². The van der Waals surface area contributed by atoms with Crippen LogP contribution in [0.3, 0.4) is 0 Å². The summed E-state index contributed by atoms with van der Waals surface area (Å²) in [6.45, 7) is 3.78. The summed E-state index contributed by atoms with van der Waals surface area (Å²) in [4.78, 5) is 0. The number of nitrogens with one attached hydrogen (secondary N) is 1. The first-order chi connectivity index (χ1) is 6.26. The van der Waals surface area contributed by atoms with E-state index in [0.717, 1.165) is 18.9 Å². The van der Waals surface area contributed by atoms with Crippen molar-refractivity contribution >= 4 is 0 Å². The molecule has 13 heavy (non-hydrogen) atoms. The van der Waals surface area contributed by atoms with Gasteiger partial charge in [0.25, 0.3) is 0 Å². The van der Waals surface area contributed by atoms with Crippen LogP contribution >= 0.6 is 0 Å². The van der Waals surface area contributed by atoms with Crippen LogP contribution in [0.4, 0.5) is 0 Å². The quantitative estimate of drug-likeness (QED) is 0.657. The normalized spacial score (nSPS) is 38.9. The van der Waals surface area contributed by atoms with E-state index in [1.807, 2.05) is 0 Å². The van der Waals surface area contributed by atoms with E-state index in [4.69, 9.17) is 11.2 Å². The summed E-state index contributed by atoms with van der Waals surface area (Å²) >= 11 is 0. The van der Waals surface area contributed by atoms with Gasteiger partial charge in [-0.05, 0) is 32.1 Å². The van der Waals surface area contributed by atoms with Crippen molar-refractivity contribution in [3.63, 3.8) is 0 Å². The van der Waals surface area contributed by atoms with Gasteiger partial charge in [-0.25, -0.2) is 0 Å². The zero-order valence-corrected chi connectivity index (χ0v) is 8.18. The standard InChI is InChI=1S/C11H17NO/c1-3-7-12-11(2)6-8-13-10(11)9-4-5-9/h1,9-10,12H,4-8H2,2H3. The zero-order valence-electron chi connectivity index (χ0n) is 8.18. The molecule has 2 atom stereocenters. The van der Waals surface area contributed by atoms with Crippen LogP contribution in [0.15, 0.2) is 0 Å². The summed E-state index contributed by atoms with van der Waals surface area (Å²) in [5, 5.41) is 3.42. The van der Waals surface area contributed by atoms with Gasteiger partial charge in [0.1, 0.15) is 0 Å². The molecule has 0 spiro atoms. The monoisotopic (exact) mass is 179 g/mol. The Morgan fingerprint density at radius 3 is 3.00 bits per heavy atom. The molecule has 2 rings (SSSR count). The van der Waals surface area contributed by atoms with Gasteiger partial charge in [-0.15, -0.1) is 6.42 Å². The SMILES string of the molecule is C#CCNC1(C)CCOC1C1CC1. The van der Waals surface area contributed by atoms with Crippen LogP contribution in [0.5, 0.6) is 0 Å². The first-order valence-electron chi connectivity index (χ1n) is 5.06. The minimum absolute atomic E-state index is 0.132. The Labute approximate surface area is 80.0 Å². The molecule has 0 amide bonds. The van der Waals surface area contributed by atoms with Gasteiger partial charge in [-0.2, -0.15) is 0 Å². The van der Waals surface area contributed by atoms with Crippen LogP contribution in [0.1, 0.15) is 26.2 Å². The van der Waals surface area contributed by atoms with Crippen molar-refractivity contribution in [2.24, 2.45) is 5.92 Å². The summed E-state index contributed by atoms with van der Waals surface area (Å²) in [7, 11) is 0. The van der Waals surface area contributed by atoms with Crippen molar-refractivity contribution < 1.29 is 4.74 Å². The van der Waals surface area contributed by atoms with Crippen LogP contribution in [0, 0.1) is 18.3 Å². The van der Waals surface area contributed by atoms with E-state index in [9.17, 15) is 0 Å². The number of rotatable bonds is 3. The minimum Gasteiger partial charge on any atom is -0.376 e. The Bertz CT molecular complexity index is 229. The van der Waals surface area contributed by atoms with Crippen LogP contribution in [0.2, 0.25) is 0 Å². The first-order valence-corrected chi connectivity index (χ1v) is 5.06. The van der Waals surface area contributed by atoms with Gasteiger partial charge in [-0.1, -0.05) is 5.92 Å². The van der Waals surface area contributed by atoms with Gasteiger partial charge < -0.3 is 4.74 Å². The second kappa shape index (κ2) is 3.32. The largest absolute Gasteiger partial charge is 0.376 e. The number of terminal acetylenes is 1. The number of hydrogen-bond acceptors (Lipinski definition) is 2. The Balaban J connectivity index is 1.97. The van der Waals surface area contributed by atoms with Crippen molar-refractivity contribution in [2.75, 3.05) is 13.2 Å². The molecule has 1 N–H and O–H groups in total. The Kier molecular flexibility index (Phi) is 2.31. The molecule has 0 bridgehead atoms. The maximum atomic E-state index is 5.76. The molecular formula is C11H17NO. The van der Waals surface area contributed by atoms with Crippen LogP contribution in [-0.2, 0) is 4.74 Å². The maximum absolute atomic E-state index is 5.76. The van der Waals surface area contributed by atoms with E-state index >= 15 is 0 Å². The van der Waals surface area contributed by atoms with Crippen LogP contribution in [-0.4, -0.2) is 24.8 Å². The molecule has 2 unspecified atom stereocenters. The molecule has 0 radical (unpaired) electrons. The molecule has 2 nitrogen and oxygen atoms in total. The van der Waals surface area contributed by atoms with E-state index in [2.05, 4.69) is 18.2 Å².